The predicted octanol–water partition coefficient (Wildman–Crippen LogP) is 1.30. The quantitative estimate of drug-likeness (QED) is 0.705. The molecule has 1 unspecified atom stereocenters. The molecule has 1 aliphatic heterocycles. The van der Waals surface area contributed by atoms with Crippen LogP contribution in [0.1, 0.15) is 31.1 Å². The number of hydrogen-bond donors (Lipinski definition) is 1. The summed E-state index contributed by atoms with van der Waals surface area (Å²) in [5.41, 5.74) is 6.40. The fourth-order valence-electron chi connectivity index (χ4n) is 1.53. The number of anilines is 1. The van der Waals surface area contributed by atoms with Gasteiger partial charge in [-0.25, -0.2) is 4.98 Å². The van der Waals surface area contributed by atoms with Crippen molar-refractivity contribution >= 4 is 5.82 Å². The van der Waals surface area contributed by atoms with Gasteiger partial charge in [0.1, 0.15) is 11.9 Å². The highest BCUT2D eigenvalue weighted by atomic mass is 16.5. The lowest BCUT2D eigenvalue weighted by molar-refractivity contribution is 0.0122. The van der Waals surface area contributed by atoms with Crippen LogP contribution in [0.15, 0.2) is 12.4 Å². The molecule has 1 saturated heterocycles. The van der Waals surface area contributed by atoms with Crippen LogP contribution < -0.4 is 5.73 Å². The van der Waals surface area contributed by atoms with Crippen molar-refractivity contribution in [3.8, 4) is 0 Å². The molecule has 1 aliphatic rings. The van der Waals surface area contributed by atoms with Crippen molar-refractivity contribution in [3.63, 3.8) is 0 Å². The van der Waals surface area contributed by atoms with Gasteiger partial charge in [0.15, 0.2) is 0 Å². The number of rotatable bonds is 1. The fourth-order valence-corrected chi connectivity index (χ4v) is 1.53. The summed E-state index contributed by atoms with van der Waals surface area (Å²) in [6, 6.07) is 0. The summed E-state index contributed by atoms with van der Waals surface area (Å²) < 4.78 is 5.56. The summed E-state index contributed by atoms with van der Waals surface area (Å²) in [6.45, 7) is 0.821. The average Bonchev–Trinajstić information content (AvgIpc) is 2.19. The van der Waals surface area contributed by atoms with Gasteiger partial charge in [-0.05, 0) is 19.3 Å². The average molecular weight is 179 g/mol. The van der Waals surface area contributed by atoms with Gasteiger partial charge in [0, 0.05) is 6.61 Å². The van der Waals surface area contributed by atoms with Gasteiger partial charge in [0.2, 0.25) is 0 Å². The molecule has 1 aromatic rings. The standard InChI is InChI=1S/C9H13N3O/c10-9-6-11-5-7(12-9)8-3-1-2-4-13-8/h5-6,8H,1-4H2,(H2,10,12). The summed E-state index contributed by atoms with van der Waals surface area (Å²) in [5, 5.41) is 0. The second-order valence-electron chi connectivity index (χ2n) is 3.22. The molecule has 1 fully saturated rings. The first-order valence-electron chi connectivity index (χ1n) is 4.55. The Morgan fingerprint density at radius 3 is 3.00 bits per heavy atom. The molecular formula is C9H13N3O. The van der Waals surface area contributed by atoms with Crippen molar-refractivity contribution in [2.24, 2.45) is 0 Å². The van der Waals surface area contributed by atoms with Crippen LogP contribution in [-0.4, -0.2) is 16.6 Å². The van der Waals surface area contributed by atoms with Crippen molar-refractivity contribution < 1.29 is 4.74 Å². The lowest BCUT2D eigenvalue weighted by atomic mass is 10.1. The minimum Gasteiger partial charge on any atom is -0.382 e. The van der Waals surface area contributed by atoms with Crippen molar-refractivity contribution in [2.75, 3.05) is 12.3 Å². The zero-order valence-corrected chi connectivity index (χ0v) is 7.44. The number of nitrogens with zero attached hydrogens (tertiary/aromatic N) is 2. The maximum absolute atomic E-state index is 5.56. The van der Waals surface area contributed by atoms with Gasteiger partial charge in [-0.2, -0.15) is 0 Å². The topological polar surface area (TPSA) is 61.0 Å². The maximum Gasteiger partial charge on any atom is 0.142 e. The Morgan fingerprint density at radius 2 is 2.31 bits per heavy atom. The van der Waals surface area contributed by atoms with Crippen molar-refractivity contribution in [2.45, 2.75) is 25.4 Å². The molecule has 0 bridgehead atoms. The molecule has 2 heterocycles. The molecule has 0 saturated carbocycles. The van der Waals surface area contributed by atoms with Gasteiger partial charge in [-0.1, -0.05) is 0 Å². The van der Waals surface area contributed by atoms with E-state index in [2.05, 4.69) is 9.97 Å². The largest absolute Gasteiger partial charge is 0.382 e. The van der Waals surface area contributed by atoms with Crippen LogP contribution >= 0.6 is 0 Å². The molecule has 2 rings (SSSR count). The van der Waals surface area contributed by atoms with Crippen LogP contribution in [0.4, 0.5) is 5.82 Å². The molecule has 1 atom stereocenters. The lowest BCUT2D eigenvalue weighted by Gasteiger charge is -2.21. The summed E-state index contributed by atoms with van der Waals surface area (Å²) >= 11 is 0. The molecule has 0 aliphatic carbocycles. The number of ether oxygens (including phenoxy) is 1. The van der Waals surface area contributed by atoms with Crippen molar-refractivity contribution in [1.29, 1.82) is 0 Å². The van der Waals surface area contributed by atoms with E-state index >= 15 is 0 Å². The normalized spacial score (nSPS) is 22.9. The Kier molecular flexibility index (Phi) is 2.40. The molecule has 4 heteroatoms. The van der Waals surface area contributed by atoms with Crippen LogP contribution in [0.25, 0.3) is 0 Å². The highest BCUT2D eigenvalue weighted by Crippen LogP contribution is 2.25. The SMILES string of the molecule is Nc1cncc(C2CCCCO2)n1. The van der Waals surface area contributed by atoms with E-state index in [-0.39, 0.29) is 6.10 Å². The molecule has 70 valence electrons. The minimum absolute atomic E-state index is 0.102. The third-order valence-electron chi connectivity index (χ3n) is 2.18. The zero-order chi connectivity index (χ0) is 9.10. The minimum atomic E-state index is 0.102. The van der Waals surface area contributed by atoms with E-state index < -0.39 is 0 Å². The van der Waals surface area contributed by atoms with E-state index in [9.17, 15) is 0 Å². The molecule has 1 aromatic heterocycles. The molecule has 0 spiro atoms. The number of nitrogen functional groups attached to an aromatic ring is 1. The van der Waals surface area contributed by atoms with Crippen LogP contribution in [-0.2, 0) is 4.74 Å². The Hall–Kier alpha value is -1.16. The maximum atomic E-state index is 5.56. The Morgan fingerprint density at radius 1 is 1.38 bits per heavy atom. The first-order chi connectivity index (χ1) is 6.36. The Bertz CT molecular complexity index is 284. The number of aromatic nitrogens is 2. The second kappa shape index (κ2) is 3.70. The lowest BCUT2D eigenvalue weighted by Crippen LogP contribution is -2.13. The molecule has 13 heavy (non-hydrogen) atoms. The van der Waals surface area contributed by atoms with Crippen molar-refractivity contribution in [1.82, 2.24) is 9.97 Å². The van der Waals surface area contributed by atoms with Crippen LogP contribution in [0.3, 0.4) is 0 Å². The molecule has 0 radical (unpaired) electrons. The monoisotopic (exact) mass is 179 g/mol. The van der Waals surface area contributed by atoms with E-state index in [1.54, 1.807) is 12.4 Å². The summed E-state index contributed by atoms with van der Waals surface area (Å²) in [6.07, 6.45) is 6.74. The highest BCUT2D eigenvalue weighted by Gasteiger charge is 2.17. The van der Waals surface area contributed by atoms with E-state index in [0.717, 1.165) is 25.1 Å². The van der Waals surface area contributed by atoms with Crippen molar-refractivity contribution in [3.05, 3.63) is 18.1 Å². The third kappa shape index (κ3) is 1.95. The first kappa shape index (κ1) is 8.44. The van der Waals surface area contributed by atoms with Gasteiger partial charge in [-0.3, -0.25) is 4.98 Å². The number of hydrogen-bond acceptors (Lipinski definition) is 4. The molecule has 2 N–H and O–H groups in total. The third-order valence-corrected chi connectivity index (χ3v) is 2.18. The summed E-state index contributed by atoms with van der Waals surface area (Å²) in [7, 11) is 0. The van der Waals surface area contributed by atoms with E-state index in [1.165, 1.54) is 6.42 Å². The second-order valence-corrected chi connectivity index (χ2v) is 3.22. The molecule has 0 amide bonds. The first-order valence-corrected chi connectivity index (χ1v) is 4.55. The van der Waals surface area contributed by atoms with Gasteiger partial charge in [0.25, 0.3) is 0 Å². The smallest absolute Gasteiger partial charge is 0.142 e. The van der Waals surface area contributed by atoms with Gasteiger partial charge in [-0.15, -0.1) is 0 Å². The molecule has 0 aromatic carbocycles. The van der Waals surface area contributed by atoms with E-state index in [4.69, 9.17) is 10.5 Å². The van der Waals surface area contributed by atoms with Gasteiger partial charge >= 0.3 is 0 Å². The highest BCUT2D eigenvalue weighted by molar-refractivity contribution is 5.24. The predicted molar refractivity (Wildman–Crippen MR) is 49.0 cm³/mol. The zero-order valence-electron chi connectivity index (χ0n) is 7.44. The van der Waals surface area contributed by atoms with Crippen LogP contribution in [0.2, 0.25) is 0 Å². The molecule has 4 nitrogen and oxygen atoms in total. The van der Waals surface area contributed by atoms with Gasteiger partial charge < -0.3 is 10.5 Å². The van der Waals surface area contributed by atoms with Crippen LogP contribution in [0, 0.1) is 0 Å². The Balaban J connectivity index is 2.14. The fraction of sp³-hybridized carbons (Fsp3) is 0.556. The Labute approximate surface area is 77.1 Å². The van der Waals surface area contributed by atoms with Gasteiger partial charge in [0.05, 0.1) is 18.1 Å². The van der Waals surface area contributed by atoms with E-state index in [0.29, 0.717) is 5.82 Å². The number of nitrogens with two attached hydrogens (primary N) is 1. The van der Waals surface area contributed by atoms with E-state index in [1.807, 2.05) is 0 Å². The summed E-state index contributed by atoms with van der Waals surface area (Å²) in [4.78, 5) is 8.18. The van der Waals surface area contributed by atoms with Crippen LogP contribution in [0.5, 0.6) is 0 Å². The molecular weight excluding hydrogens is 166 g/mol. The summed E-state index contributed by atoms with van der Waals surface area (Å²) in [5.74, 6) is 0.465.